The van der Waals surface area contributed by atoms with Crippen molar-refractivity contribution < 1.29 is 22.8 Å². The van der Waals surface area contributed by atoms with Crippen molar-refractivity contribution in [2.45, 2.75) is 51.5 Å². The van der Waals surface area contributed by atoms with E-state index in [0.29, 0.717) is 48.6 Å². The fraction of sp³-hybridized carbons (Fsp3) is 0.440. The highest BCUT2D eigenvalue weighted by Gasteiger charge is 2.31. The Labute approximate surface area is 202 Å². The number of nitrogens with one attached hydrogen (secondary N) is 2. The van der Waals surface area contributed by atoms with Gasteiger partial charge in [-0.2, -0.15) is 13.2 Å². The average Bonchev–Trinajstić information content (AvgIpc) is 2.78. The first-order chi connectivity index (χ1) is 16.0. The zero-order valence-corrected chi connectivity index (χ0v) is 19.9. The summed E-state index contributed by atoms with van der Waals surface area (Å²) in [4.78, 5) is 27.6. The lowest BCUT2D eigenvalue weighted by Crippen LogP contribution is -2.54. The number of halogens is 4. The van der Waals surface area contributed by atoms with Crippen molar-refractivity contribution >= 4 is 23.4 Å². The van der Waals surface area contributed by atoms with Gasteiger partial charge in [0, 0.05) is 25.7 Å². The van der Waals surface area contributed by atoms with Crippen LogP contribution in [0.2, 0.25) is 5.02 Å². The van der Waals surface area contributed by atoms with Gasteiger partial charge in [-0.1, -0.05) is 55.8 Å². The molecule has 2 aromatic carbocycles. The number of benzene rings is 2. The topological polar surface area (TPSA) is 61.4 Å². The highest BCUT2D eigenvalue weighted by molar-refractivity contribution is 6.33. The Morgan fingerprint density at radius 2 is 1.76 bits per heavy atom. The summed E-state index contributed by atoms with van der Waals surface area (Å²) in [5.41, 5.74) is 0.274. The van der Waals surface area contributed by atoms with Gasteiger partial charge in [-0.3, -0.25) is 14.5 Å². The molecule has 0 aliphatic carbocycles. The van der Waals surface area contributed by atoms with Crippen LogP contribution < -0.4 is 10.6 Å². The van der Waals surface area contributed by atoms with Gasteiger partial charge in [0.2, 0.25) is 5.91 Å². The van der Waals surface area contributed by atoms with Crippen molar-refractivity contribution in [3.8, 4) is 0 Å². The van der Waals surface area contributed by atoms with E-state index in [9.17, 15) is 22.8 Å². The lowest BCUT2D eigenvalue weighted by Gasteiger charge is -2.33. The highest BCUT2D eigenvalue weighted by atomic mass is 35.5. The Hall–Kier alpha value is -2.58. The van der Waals surface area contributed by atoms with Gasteiger partial charge < -0.3 is 10.6 Å². The molecule has 1 atom stereocenters. The maximum atomic E-state index is 12.9. The second kappa shape index (κ2) is 11.2. The van der Waals surface area contributed by atoms with Gasteiger partial charge in [-0.25, -0.2) is 0 Å². The Balaban J connectivity index is 1.53. The Morgan fingerprint density at radius 1 is 1.09 bits per heavy atom. The minimum absolute atomic E-state index is 0.0660. The number of rotatable bonds is 7. The van der Waals surface area contributed by atoms with E-state index in [-0.39, 0.29) is 17.9 Å². The number of nitrogens with zero attached hydrogens (tertiary/aromatic N) is 1. The maximum absolute atomic E-state index is 12.9. The van der Waals surface area contributed by atoms with Crippen LogP contribution in [0.4, 0.5) is 13.2 Å². The van der Waals surface area contributed by atoms with E-state index in [1.165, 1.54) is 12.1 Å². The summed E-state index contributed by atoms with van der Waals surface area (Å²) in [5, 5.41) is 6.12. The van der Waals surface area contributed by atoms with Gasteiger partial charge in [0.05, 0.1) is 16.1 Å². The molecule has 184 valence electrons. The summed E-state index contributed by atoms with van der Waals surface area (Å²) in [6.07, 6.45) is -3.01. The molecule has 0 saturated carbocycles. The molecule has 5 nitrogen and oxygen atoms in total. The average molecular weight is 496 g/mol. The molecule has 1 heterocycles. The zero-order chi connectivity index (χ0) is 24.9. The molecule has 1 aliphatic rings. The molecule has 2 aromatic rings. The van der Waals surface area contributed by atoms with Gasteiger partial charge in [-0.15, -0.1) is 0 Å². The van der Waals surface area contributed by atoms with Crippen LogP contribution in [-0.2, 0) is 17.5 Å². The van der Waals surface area contributed by atoms with Crippen LogP contribution in [0, 0.1) is 5.92 Å². The summed E-state index contributed by atoms with van der Waals surface area (Å²) >= 11 is 6.10. The smallest absolute Gasteiger partial charge is 0.351 e. The summed E-state index contributed by atoms with van der Waals surface area (Å²) in [6, 6.07) is 11.2. The second-order valence-electron chi connectivity index (χ2n) is 8.93. The number of carbonyl (C=O) groups excluding carboxylic acids is 2. The van der Waals surface area contributed by atoms with Gasteiger partial charge in [0.15, 0.2) is 0 Å². The minimum Gasteiger partial charge on any atom is -0.351 e. The number of hydrogen-bond acceptors (Lipinski definition) is 3. The van der Waals surface area contributed by atoms with Crippen LogP contribution in [0.3, 0.4) is 0 Å². The third-order valence-electron chi connectivity index (χ3n) is 5.95. The number of alkyl halides is 3. The van der Waals surface area contributed by atoms with Crippen LogP contribution in [0.1, 0.15) is 48.2 Å². The van der Waals surface area contributed by atoms with Crippen molar-refractivity contribution in [2.24, 2.45) is 5.92 Å². The third kappa shape index (κ3) is 6.96. The predicted octanol–water partition coefficient (Wildman–Crippen LogP) is 4.89. The van der Waals surface area contributed by atoms with E-state index in [0.717, 1.165) is 6.07 Å². The van der Waals surface area contributed by atoms with Gasteiger partial charge in [0.25, 0.3) is 5.91 Å². The van der Waals surface area contributed by atoms with Gasteiger partial charge >= 0.3 is 6.18 Å². The number of amides is 2. The normalized spacial score (nSPS) is 16.3. The molecule has 1 unspecified atom stereocenters. The molecule has 0 aromatic heterocycles. The Bertz CT molecular complexity index is 1000. The summed E-state index contributed by atoms with van der Waals surface area (Å²) in [7, 11) is 0. The van der Waals surface area contributed by atoms with E-state index in [1.807, 2.05) is 13.8 Å². The van der Waals surface area contributed by atoms with Crippen molar-refractivity contribution in [2.75, 3.05) is 13.1 Å². The molecule has 1 fully saturated rings. The monoisotopic (exact) mass is 495 g/mol. The minimum atomic E-state index is -4.36. The molecule has 0 radical (unpaired) electrons. The number of likely N-dealkylation sites (tertiary alicyclic amines) is 1. The standard InChI is InChI=1S/C25H29ClF3N3O2/c1-16(2)22(31-23(33)20-8-3-4-9-21(20)26)24(34)30-19-10-12-32(13-11-19)15-17-6-5-7-18(14-17)25(27,28)29/h3-9,14,16,19,22H,10-13,15H2,1-2H3,(H,30,34)(H,31,33). The maximum Gasteiger partial charge on any atom is 0.416 e. The fourth-order valence-electron chi connectivity index (χ4n) is 4.03. The SMILES string of the molecule is CC(C)C(NC(=O)c1ccccc1Cl)C(=O)NC1CCN(Cc2cccc(C(F)(F)F)c2)CC1. The second-order valence-corrected chi connectivity index (χ2v) is 9.34. The van der Waals surface area contributed by atoms with E-state index in [1.54, 1.807) is 30.3 Å². The molecular formula is C25H29ClF3N3O2. The van der Waals surface area contributed by atoms with Crippen LogP contribution in [0.5, 0.6) is 0 Å². The highest BCUT2D eigenvalue weighted by Crippen LogP contribution is 2.30. The van der Waals surface area contributed by atoms with Crippen molar-refractivity contribution in [3.63, 3.8) is 0 Å². The fourth-order valence-corrected chi connectivity index (χ4v) is 4.25. The predicted molar refractivity (Wildman–Crippen MR) is 125 cm³/mol. The van der Waals surface area contributed by atoms with E-state index in [2.05, 4.69) is 15.5 Å². The van der Waals surface area contributed by atoms with Crippen LogP contribution in [0.25, 0.3) is 0 Å². The van der Waals surface area contributed by atoms with Crippen molar-refractivity contribution in [1.29, 1.82) is 0 Å². The summed E-state index contributed by atoms with van der Waals surface area (Å²) in [6.45, 7) is 5.44. The van der Waals surface area contributed by atoms with E-state index >= 15 is 0 Å². The van der Waals surface area contributed by atoms with E-state index in [4.69, 9.17) is 11.6 Å². The lowest BCUT2D eigenvalue weighted by molar-refractivity contribution is -0.137. The molecule has 2 N–H and O–H groups in total. The first kappa shape index (κ1) is 26.0. The molecule has 34 heavy (non-hydrogen) atoms. The lowest BCUT2D eigenvalue weighted by atomic mass is 9.99. The molecule has 9 heteroatoms. The van der Waals surface area contributed by atoms with Crippen LogP contribution in [0.15, 0.2) is 48.5 Å². The first-order valence-corrected chi connectivity index (χ1v) is 11.7. The molecule has 2 amide bonds. The zero-order valence-electron chi connectivity index (χ0n) is 19.2. The number of hydrogen-bond donors (Lipinski definition) is 2. The molecule has 1 saturated heterocycles. The number of piperidine rings is 1. The summed E-state index contributed by atoms with van der Waals surface area (Å²) < 4.78 is 38.8. The molecule has 1 aliphatic heterocycles. The molecule has 0 bridgehead atoms. The van der Waals surface area contributed by atoms with Crippen molar-refractivity contribution in [1.82, 2.24) is 15.5 Å². The van der Waals surface area contributed by atoms with E-state index < -0.39 is 23.7 Å². The van der Waals surface area contributed by atoms with Gasteiger partial charge in [-0.05, 0) is 42.5 Å². The molecule has 3 rings (SSSR count). The Kier molecular flexibility index (Phi) is 8.60. The Morgan fingerprint density at radius 3 is 2.38 bits per heavy atom. The van der Waals surface area contributed by atoms with Crippen LogP contribution >= 0.6 is 11.6 Å². The summed E-state index contributed by atoms with van der Waals surface area (Å²) in [5.74, 6) is -0.797. The van der Waals surface area contributed by atoms with Crippen molar-refractivity contribution in [3.05, 3.63) is 70.2 Å². The molecule has 0 spiro atoms. The largest absolute Gasteiger partial charge is 0.416 e. The third-order valence-corrected chi connectivity index (χ3v) is 6.28. The first-order valence-electron chi connectivity index (χ1n) is 11.3. The quantitative estimate of drug-likeness (QED) is 0.574. The number of carbonyl (C=O) groups is 2. The molecular weight excluding hydrogens is 467 g/mol. The van der Waals surface area contributed by atoms with Crippen LogP contribution in [-0.4, -0.2) is 41.9 Å². The van der Waals surface area contributed by atoms with Gasteiger partial charge in [0.1, 0.15) is 6.04 Å².